The van der Waals surface area contributed by atoms with Crippen molar-refractivity contribution in [2.75, 3.05) is 0 Å². The van der Waals surface area contributed by atoms with Crippen LogP contribution in [-0.4, -0.2) is 39.9 Å². The van der Waals surface area contributed by atoms with Crippen molar-refractivity contribution in [2.45, 2.75) is 0 Å². The van der Waals surface area contributed by atoms with E-state index < -0.39 is 0 Å². The molecule has 6 rings (SSSR count). The van der Waals surface area contributed by atoms with Crippen molar-refractivity contribution in [3.8, 4) is 33.9 Å². The monoisotopic (exact) mass is 382 g/mol. The van der Waals surface area contributed by atoms with Crippen molar-refractivity contribution in [1.29, 1.82) is 0 Å². The van der Waals surface area contributed by atoms with Crippen LogP contribution in [0.3, 0.4) is 0 Å². The fourth-order valence-corrected chi connectivity index (χ4v) is 3.49. The Labute approximate surface area is 163 Å². The number of nitrogens with one attached hydrogen (secondary N) is 2. The van der Waals surface area contributed by atoms with Crippen LogP contribution in [0.4, 0.5) is 0 Å². The first-order valence-electron chi connectivity index (χ1n) is 8.97. The predicted molar refractivity (Wildman–Crippen MR) is 107 cm³/mol. The van der Waals surface area contributed by atoms with Crippen LogP contribution in [-0.2, 0) is 7.05 Å². The van der Waals surface area contributed by atoms with Gasteiger partial charge < -0.3 is 9.40 Å². The van der Waals surface area contributed by atoms with Crippen molar-refractivity contribution in [1.82, 2.24) is 39.9 Å². The highest BCUT2D eigenvalue weighted by molar-refractivity contribution is 5.96. The van der Waals surface area contributed by atoms with E-state index in [0.717, 1.165) is 38.8 Å². The number of furan rings is 1. The number of aromatic amines is 2. The van der Waals surface area contributed by atoms with Crippen LogP contribution in [0.2, 0.25) is 0 Å². The number of H-pyrrole nitrogens is 2. The molecule has 6 aromatic rings. The Balaban J connectivity index is 1.53. The van der Waals surface area contributed by atoms with Crippen LogP contribution >= 0.6 is 0 Å². The van der Waals surface area contributed by atoms with Gasteiger partial charge in [0.2, 0.25) is 0 Å². The summed E-state index contributed by atoms with van der Waals surface area (Å²) < 4.78 is 6.98. The van der Waals surface area contributed by atoms with Gasteiger partial charge in [-0.2, -0.15) is 10.2 Å². The average Bonchev–Trinajstić information content (AvgIpc) is 3.51. The molecular weight excluding hydrogens is 368 g/mol. The first-order chi connectivity index (χ1) is 14.3. The molecule has 9 nitrogen and oxygen atoms in total. The van der Waals surface area contributed by atoms with Crippen molar-refractivity contribution in [3.63, 3.8) is 0 Å². The topological polar surface area (TPSA) is 114 Å². The van der Waals surface area contributed by atoms with Gasteiger partial charge in [-0.1, -0.05) is 0 Å². The molecule has 29 heavy (non-hydrogen) atoms. The minimum absolute atomic E-state index is 0.622. The average molecular weight is 382 g/mol. The summed E-state index contributed by atoms with van der Waals surface area (Å²) in [5, 5.41) is 12.6. The molecule has 0 radical (unpaired) electrons. The highest BCUT2D eigenvalue weighted by atomic mass is 16.3. The van der Waals surface area contributed by atoms with Gasteiger partial charge in [0.25, 0.3) is 0 Å². The summed E-state index contributed by atoms with van der Waals surface area (Å²) in [6.07, 6.45) is 10.6. The lowest BCUT2D eigenvalue weighted by Crippen LogP contribution is -1.85. The van der Waals surface area contributed by atoms with Crippen molar-refractivity contribution in [2.24, 2.45) is 7.05 Å². The Bertz CT molecular complexity index is 1470. The third-order valence-electron chi connectivity index (χ3n) is 4.90. The van der Waals surface area contributed by atoms with E-state index in [2.05, 4.69) is 35.2 Å². The van der Waals surface area contributed by atoms with Gasteiger partial charge >= 0.3 is 0 Å². The molecule has 0 bridgehead atoms. The van der Waals surface area contributed by atoms with E-state index in [-0.39, 0.29) is 0 Å². The SMILES string of the molecule is Cn1cc(-c2cc3c(-c4nc5nccc(-c6ccoc6)c5[nH]4)n[nH]c3cn2)cn1. The van der Waals surface area contributed by atoms with Gasteiger partial charge in [0.05, 0.1) is 41.6 Å². The van der Waals surface area contributed by atoms with E-state index in [9.17, 15) is 0 Å². The van der Waals surface area contributed by atoms with Crippen LogP contribution in [0.1, 0.15) is 0 Å². The number of hydrogen-bond donors (Lipinski definition) is 2. The van der Waals surface area contributed by atoms with Gasteiger partial charge in [0.15, 0.2) is 11.5 Å². The van der Waals surface area contributed by atoms with Gasteiger partial charge in [-0.05, 0) is 18.2 Å². The molecule has 140 valence electrons. The summed E-state index contributed by atoms with van der Waals surface area (Å²) >= 11 is 0. The van der Waals surface area contributed by atoms with Crippen molar-refractivity contribution >= 4 is 22.1 Å². The fourth-order valence-electron chi connectivity index (χ4n) is 3.49. The first-order valence-corrected chi connectivity index (χ1v) is 8.97. The van der Waals surface area contributed by atoms with Crippen molar-refractivity contribution in [3.05, 3.63) is 55.5 Å². The van der Waals surface area contributed by atoms with Crippen molar-refractivity contribution < 1.29 is 4.42 Å². The molecule has 0 fully saturated rings. The van der Waals surface area contributed by atoms with Crippen LogP contribution in [0, 0.1) is 0 Å². The van der Waals surface area contributed by atoms with Crippen LogP contribution < -0.4 is 0 Å². The zero-order valence-corrected chi connectivity index (χ0v) is 15.3. The summed E-state index contributed by atoms with van der Waals surface area (Å²) in [6.45, 7) is 0. The summed E-state index contributed by atoms with van der Waals surface area (Å²) in [4.78, 5) is 16.9. The second-order valence-corrected chi connectivity index (χ2v) is 6.74. The van der Waals surface area contributed by atoms with Crippen LogP contribution in [0.25, 0.3) is 56.0 Å². The molecule has 9 heteroatoms. The molecule has 2 N–H and O–H groups in total. The summed E-state index contributed by atoms with van der Waals surface area (Å²) in [5.41, 5.74) is 6.69. The molecule has 0 unspecified atom stereocenters. The Morgan fingerprint density at radius 2 is 2.07 bits per heavy atom. The Hall–Kier alpha value is -4.27. The second-order valence-electron chi connectivity index (χ2n) is 6.74. The lowest BCUT2D eigenvalue weighted by molar-refractivity contribution is 0.568. The largest absolute Gasteiger partial charge is 0.472 e. The molecule has 0 aliphatic heterocycles. The number of fused-ring (bicyclic) bond motifs is 2. The van der Waals surface area contributed by atoms with Gasteiger partial charge in [-0.3, -0.25) is 14.8 Å². The number of nitrogens with zero attached hydrogens (tertiary/aromatic N) is 6. The third-order valence-corrected chi connectivity index (χ3v) is 4.90. The number of hydrogen-bond acceptors (Lipinski definition) is 6. The Morgan fingerprint density at radius 3 is 2.90 bits per heavy atom. The molecule has 0 aromatic carbocycles. The first kappa shape index (κ1) is 15.8. The predicted octanol–water partition coefficient (Wildman–Crippen LogP) is 3.56. The standard InChI is InChI=1S/C20H14N8O/c1-28-9-12(7-23-28)15-6-14-16(8-22-15)26-27-18(14)20-24-17-13(11-3-5-29-10-11)2-4-21-19(17)25-20/h2-10H,1H3,(H,26,27)(H,21,24,25). The zero-order valence-electron chi connectivity index (χ0n) is 15.3. The lowest BCUT2D eigenvalue weighted by atomic mass is 10.1. The maximum Gasteiger partial charge on any atom is 0.178 e. The molecule has 6 aromatic heterocycles. The van der Waals surface area contributed by atoms with Crippen LogP contribution in [0.15, 0.2) is 59.9 Å². The lowest BCUT2D eigenvalue weighted by Gasteiger charge is -1.98. The molecule has 6 heterocycles. The number of pyridine rings is 2. The van der Waals surface area contributed by atoms with E-state index in [1.54, 1.807) is 35.8 Å². The van der Waals surface area contributed by atoms with Gasteiger partial charge in [0.1, 0.15) is 5.69 Å². The number of aryl methyl sites for hydroxylation is 1. The molecule has 0 saturated heterocycles. The van der Waals surface area contributed by atoms with Gasteiger partial charge in [-0.25, -0.2) is 9.97 Å². The zero-order chi connectivity index (χ0) is 19.4. The molecule has 0 spiro atoms. The fraction of sp³-hybridized carbons (Fsp3) is 0.0500. The third kappa shape index (κ3) is 2.44. The quantitative estimate of drug-likeness (QED) is 0.484. The molecule has 0 amide bonds. The Kier molecular flexibility index (Phi) is 3.19. The highest BCUT2D eigenvalue weighted by Gasteiger charge is 2.17. The van der Waals surface area contributed by atoms with Crippen LogP contribution in [0.5, 0.6) is 0 Å². The van der Waals surface area contributed by atoms with E-state index in [1.807, 2.05) is 31.4 Å². The van der Waals surface area contributed by atoms with Gasteiger partial charge in [0, 0.05) is 41.5 Å². The summed E-state index contributed by atoms with van der Waals surface area (Å²) in [7, 11) is 1.88. The van der Waals surface area contributed by atoms with E-state index in [1.165, 1.54) is 0 Å². The van der Waals surface area contributed by atoms with Gasteiger partial charge in [-0.15, -0.1) is 0 Å². The summed E-state index contributed by atoms with van der Waals surface area (Å²) in [5.74, 6) is 0.637. The second kappa shape index (κ2) is 5.86. The van der Waals surface area contributed by atoms with E-state index >= 15 is 0 Å². The number of rotatable bonds is 3. The summed E-state index contributed by atoms with van der Waals surface area (Å²) in [6, 6.07) is 5.83. The van der Waals surface area contributed by atoms with E-state index in [0.29, 0.717) is 17.2 Å². The number of aromatic nitrogens is 8. The van der Waals surface area contributed by atoms with E-state index in [4.69, 9.17) is 4.42 Å². The minimum Gasteiger partial charge on any atom is -0.472 e. The number of imidazole rings is 1. The highest BCUT2D eigenvalue weighted by Crippen LogP contribution is 2.31. The molecule has 0 atom stereocenters. The minimum atomic E-state index is 0.622. The molecular formula is C20H14N8O. The normalized spacial score (nSPS) is 11.6. The smallest absolute Gasteiger partial charge is 0.178 e. The Morgan fingerprint density at radius 1 is 1.10 bits per heavy atom. The molecule has 0 aliphatic rings. The maximum atomic E-state index is 5.23. The molecule has 0 saturated carbocycles. The maximum absolute atomic E-state index is 5.23. The molecule has 0 aliphatic carbocycles.